The molecule has 2 amide bonds. The normalized spacial score (nSPS) is 14.2. The van der Waals surface area contributed by atoms with E-state index in [1.165, 1.54) is 4.90 Å². The SMILES string of the molecule is CCNC(=O)C(C)NC(C)C(=O)N(C)C. The highest BCUT2D eigenvalue weighted by molar-refractivity contribution is 5.84. The van der Waals surface area contributed by atoms with E-state index in [1.807, 2.05) is 6.92 Å². The van der Waals surface area contributed by atoms with E-state index in [9.17, 15) is 9.59 Å². The number of carbonyl (C=O) groups is 2. The van der Waals surface area contributed by atoms with Crippen LogP contribution in [0.3, 0.4) is 0 Å². The molecule has 0 saturated carbocycles. The lowest BCUT2D eigenvalue weighted by atomic mass is 10.2. The van der Waals surface area contributed by atoms with Crippen LogP contribution >= 0.6 is 0 Å². The van der Waals surface area contributed by atoms with Gasteiger partial charge in [-0.15, -0.1) is 0 Å². The molecule has 0 aliphatic carbocycles. The average molecular weight is 215 g/mol. The molecule has 2 unspecified atom stereocenters. The Labute approximate surface area is 91.2 Å². The average Bonchev–Trinajstić information content (AvgIpc) is 2.16. The van der Waals surface area contributed by atoms with Crippen LogP contribution < -0.4 is 10.6 Å². The first-order valence-electron chi connectivity index (χ1n) is 5.15. The molecule has 0 aliphatic rings. The van der Waals surface area contributed by atoms with Crippen LogP contribution in [0.15, 0.2) is 0 Å². The molecule has 5 nitrogen and oxygen atoms in total. The quantitative estimate of drug-likeness (QED) is 0.654. The Kier molecular flexibility index (Phi) is 5.93. The largest absolute Gasteiger partial charge is 0.355 e. The minimum Gasteiger partial charge on any atom is -0.355 e. The molecule has 5 heteroatoms. The van der Waals surface area contributed by atoms with Crippen LogP contribution in [-0.4, -0.2) is 49.4 Å². The maximum atomic E-state index is 11.5. The third-order valence-corrected chi connectivity index (χ3v) is 2.06. The van der Waals surface area contributed by atoms with Crippen LogP contribution in [0.5, 0.6) is 0 Å². The minimum absolute atomic E-state index is 0.0360. The number of likely N-dealkylation sites (N-methyl/N-ethyl adjacent to an activating group) is 2. The van der Waals surface area contributed by atoms with Crippen LogP contribution in [0, 0.1) is 0 Å². The Morgan fingerprint density at radius 1 is 1.20 bits per heavy atom. The summed E-state index contributed by atoms with van der Waals surface area (Å²) in [5.74, 6) is -0.123. The molecule has 0 aromatic carbocycles. The first kappa shape index (κ1) is 13.9. The van der Waals surface area contributed by atoms with Crippen molar-refractivity contribution in [3.8, 4) is 0 Å². The Bertz CT molecular complexity index is 229. The fourth-order valence-electron chi connectivity index (χ4n) is 1.24. The molecule has 88 valence electrons. The van der Waals surface area contributed by atoms with Gasteiger partial charge in [0.05, 0.1) is 12.1 Å². The summed E-state index contributed by atoms with van der Waals surface area (Å²) in [6.07, 6.45) is 0. The molecule has 0 spiro atoms. The highest BCUT2D eigenvalue weighted by Gasteiger charge is 2.20. The first-order valence-corrected chi connectivity index (χ1v) is 5.15. The standard InChI is InChI=1S/C10H21N3O2/c1-6-11-9(14)7(2)12-8(3)10(15)13(4)5/h7-8,12H,6H2,1-5H3,(H,11,14). The Hall–Kier alpha value is -1.10. The molecule has 0 saturated heterocycles. The molecule has 0 heterocycles. The second-order valence-electron chi connectivity index (χ2n) is 3.74. The number of hydrogen-bond donors (Lipinski definition) is 2. The van der Waals surface area contributed by atoms with E-state index in [-0.39, 0.29) is 23.9 Å². The molecule has 0 bridgehead atoms. The van der Waals surface area contributed by atoms with Gasteiger partial charge >= 0.3 is 0 Å². The third kappa shape index (κ3) is 4.78. The van der Waals surface area contributed by atoms with E-state index >= 15 is 0 Å². The van der Waals surface area contributed by atoms with Crippen molar-refractivity contribution >= 4 is 11.8 Å². The molecule has 0 radical (unpaired) electrons. The highest BCUT2D eigenvalue weighted by atomic mass is 16.2. The summed E-state index contributed by atoms with van der Waals surface area (Å²) in [4.78, 5) is 24.4. The van der Waals surface area contributed by atoms with Crippen molar-refractivity contribution in [2.24, 2.45) is 0 Å². The van der Waals surface area contributed by atoms with Crippen LogP contribution in [0.1, 0.15) is 20.8 Å². The van der Waals surface area contributed by atoms with Gasteiger partial charge in [-0.05, 0) is 20.8 Å². The number of nitrogens with one attached hydrogen (secondary N) is 2. The van der Waals surface area contributed by atoms with Gasteiger partial charge < -0.3 is 10.2 Å². The number of nitrogens with zero attached hydrogens (tertiary/aromatic N) is 1. The number of carbonyl (C=O) groups excluding carboxylic acids is 2. The summed E-state index contributed by atoms with van der Waals surface area (Å²) in [6, 6.07) is -0.707. The monoisotopic (exact) mass is 215 g/mol. The highest BCUT2D eigenvalue weighted by Crippen LogP contribution is 1.92. The second kappa shape index (κ2) is 6.40. The van der Waals surface area contributed by atoms with E-state index in [1.54, 1.807) is 27.9 Å². The molecule has 0 aromatic heterocycles. The predicted octanol–water partition coefficient (Wildman–Crippen LogP) is -0.423. The predicted molar refractivity (Wildman–Crippen MR) is 59.4 cm³/mol. The minimum atomic E-state index is -0.358. The zero-order chi connectivity index (χ0) is 12.0. The van der Waals surface area contributed by atoms with E-state index < -0.39 is 0 Å². The molecule has 0 aliphatic heterocycles. The van der Waals surface area contributed by atoms with Gasteiger partial charge in [-0.25, -0.2) is 0 Å². The molecule has 2 N–H and O–H groups in total. The second-order valence-corrected chi connectivity index (χ2v) is 3.74. The van der Waals surface area contributed by atoms with Crippen molar-refractivity contribution in [3.63, 3.8) is 0 Å². The molecule has 15 heavy (non-hydrogen) atoms. The molecule has 0 aromatic rings. The van der Waals surface area contributed by atoms with Crippen molar-refractivity contribution in [1.29, 1.82) is 0 Å². The van der Waals surface area contributed by atoms with Gasteiger partial charge in [-0.2, -0.15) is 0 Å². The lowest BCUT2D eigenvalue weighted by Gasteiger charge is -2.21. The maximum absolute atomic E-state index is 11.5. The van der Waals surface area contributed by atoms with Crippen LogP contribution in [0.4, 0.5) is 0 Å². The number of rotatable bonds is 5. The van der Waals surface area contributed by atoms with Gasteiger partial charge in [0.15, 0.2) is 0 Å². The topological polar surface area (TPSA) is 61.4 Å². The van der Waals surface area contributed by atoms with Gasteiger partial charge in [-0.3, -0.25) is 14.9 Å². The smallest absolute Gasteiger partial charge is 0.238 e. The zero-order valence-corrected chi connectivity index (χ0v) is 10.1. The van der Waals surface area contributed by atoms with Gasteiger partial charge in [0.2, 0.25) is 11.8 Å². The van der Waals surface area contributed by atoms with Crippen LogP contribution in [-0.2, 0) is 9.59 Å². The third-order valence-electron chi connectivity index (χ3n) is 2.06. The van der Waals surface area contributed by atoms with Gasteiger partial charge in [0.25, 0.3) is 0 Å². The number of amides is 2. The van der Waals surface area contributed by atoms with Crippen molar-refractivity contribution in [3.05, 3.63) is 0 Å². The zero-order valence-electron chi connectivity index (χ0n) is 10.1. The summed E-state index contributed by atoms with van der Waals surface area (Å²) in [5.41, 5.74) is 0. The van der Waals surface area contributed by atoms with E-state index in [0.29, 0.717) is 6.54 Å². The van der Waals surface area contributed by atoms with Crippen molar-refractivity contribution in [2.75, 3.05) is 20.6 Å². The van der Waals surface area contributed by atoms with Crippen molar-refractivity contribution in [2.45, 2.75) is 32.9 Å². The summed E-state index contributed by atoms with van der Waals surface area (Å²) < 4.78 is 0. The van der Waals surface area contributed by atoms with Crippen LogP contribution in [0.25, 0.3) is 0 Å². The molecule has 2 atom stereocenters. The molecule has 0 rings (SSSR count). The van der Waals surface area contributed by atoms with Gasteiger partial charge in [0, 0.05) is 20.6 Å². The fraction of sp³-hybridized carbons (Fsp3) is 0.800. The maximum Gasteiger partial charge on any atom is 0.238 e. The van der Waals surface area contributed by atoms with E-state index in [4.69, 9.17) is 0 Å². The lowest BCUT2D eigenvalue weighted by molar-refractivity contribution is -0.131. The Balaban J connectivity index is 4.11. The van der Waals surface area contributed by atoms with Gasteiger partial charge in [-0.1, -0.05) is 0 Å². The number of hydrogen-bond acceptors (Lipinski definition) is 3. The summed E-state index contributed by atoms with van der Waals surface area (Å²) in [5, 5.41) is 5.63. The van der Waals surface area contributed by atoms with Crippen LogP contribution in [0.2, 0.25) is 0 Å². The Morgan fingerprint density at radius 2 is 1.73 bits per heavy atom. The molecular weight excluding hydrogens is 194 g/mol. The summed E-state index contributed by atoms with van der Waals surface area (Å²) >= 11 is 0. The van der Waals surface area contributed by atoms with E-state index in [0.717, 1.165) is 0 Å². The summed E-state index contributed by atoms with van der Waals surface area (Å²) in [6.45, 7) is 5.95. The summed E-state index contributed by atoms with van der Waals surface area (Å²) in [7, 11) is 3.38. The fourth-order valence-corrected chi connectivity index (χ4v) is 1.24. The van der Waals surface area contributed by atoms with Gasteiger partial charge in [0.1, 0.15) is 0 Å². The molecule has 0 fully saturated rings. The first-order chi connectivity index (χ1) is 6.90. The van der Waals surface area contributed by atoms with E-state index in [2.05, 4.69) is 10.6 Å². The lowest BCUT2D eigenvalue weighted by Crippen LogP contribution is -2.50. The Morgan fingerprint density at radius 3 is 2.13 bits per heavy atom. The molecular formula is C10H21N3O2. The van der Waals surface area contributed by atoms with Crippen molar-refractivity contribution in [1.82, 2.24) is 15.5 Å². The van der Waals surface area contributed by atoms with Crippen molar-refractivity contribution < 1.29 is 9.59 Å².